The molecule has 5 heteroatoms. The zero-order chi connectivity index (χ0) is 9.30. The van der Waals surface area contributed by atoms with Gasteiger partial charge in [-0.25, -0.2) is 0 Å². The number of halogens is 2. The van der Waals surface area contributed by atoms with Gasteiger partial charge in [-0.1, -0.05) is 0 Å². The van der Waals surface area contributed by atoms with E-state index < -0.39 is 16.4 Å². The van der Waals surface area contributed by atoms with Crippen molar-refractivity contribution >= 4 is 28.3 Å². The minimum atomic E-state index is -0.750. The van der Waals surface area contributed by atoms with E-state index >= 15 is 0 Å². The largest absolute Gasteiger partial charge is 0.306 e. The number of hydrogen-bond acceptors (Lipinski definition) is 2. The monoisotopic (exact) mass is 281 g/mol. The minimum absolute atomic E-state index is 0.300. The van der Waals surface area contributed by atoms with Crippen molar-refractivity contribution in [3.63, 3.8) is 0 Å². The van der Waals surface area contributed by atoms with Gasteiger partial charge in [-0.2, -0.15) is 4.39 Å². The molecule has 0 unspecified atom stereocenters. The average Bonchev–Trinajstić information content (AvgIpc) is 1.96. The van der Waals surface area contributed by atoms with E-state index in [1.165, 1.54) is 13.0 Å². The molecule has 3 nitrogen and oxygen atoms in total. The molecule has 1 aromatic carbocycles. The number of benzene rings is 1. The van der Waals surface area contributed by atoms with Crippen LogP contribution in [0.15, 0.2) is 12.1 Å². The molecule has 0 fully saturated rings. The topological polar surface area (TPSA) is 43.1 Å². The molecule has 0 amide bonds. The minimum Gasteiger partial charge on any atom is -0.258 e. The van der Waals surface area contributed by atoms with Gasteiger partial charge in [0.25, 0.3) is 0 Å². The fourth-order valence-corrected chi connectivity index (χ4v) is 1.60. The second-order valence-electron chi connectivity index (χ2n) is 2.31. The number of nitrogens with zero attached hydrogens (tertiary/aromatic N) is 1. The average molecular weight is 281 g/mol. The van der Waals surface area contributed by atoms with Gasteiger partial charge >= 0.3 is 5.69 Å². The Balaban J connectivity index is 3.37. The van der Waals surface area contributed by atoms with Gasteiger partial charge in [0.15, 0.2) is 0 Å². The molecular formula is C7H5FINO2. The summed E-state index contributed by atoms with van der Waals surface area (Å²) in [7, 11) is 0. The van der Waals surface area contributed by atoms with Gasteiger partial charge in [-0.05, 0) is 41.1 Å². The maximum Gasteiger partial charge on any atom is 0.306 e. The Bertz CT molecular complexity index is 340. The quantitative estimate of drug-likeness (QED) is 0.451. The van der Waals surface area contributed by atoms with Crippen LogP contribution in [0.3, 0.4) is 0 Å². The molecule has 0 saturated heterocycles. The number of hydrogen-bond donors (Lipinski definition) is 0. The first-order chi connectivity index (χ1) is 5.52. The Morgan fingerprint density at radius 1 is 1.58 bits per heavy atom. The molecule has 0 aromatic heterocycles. The maximum absolute atomic E-state index is 13.0. The van der Waals surface area contributed by atoms with Crippen molar-refractivity contribution in [2.75, 3.05) is 0 Å². The van der Waals surface area contributed by atoms with Gasteiger partial charge in [-0.15, -0.1) is 0 Å². The fraction of sp³-hybridized carbons (Fsp3) is 0.143. The predicted octanol–water partition coefficient (Wildman–Crippen LogP) is 2.65. The Morgan fingerprint density at radius 3 is 2.67 bits per heavy atom. The van der Waals surface area contributed by atoms with Crippen molar-refractivity contribution in [3.05, 3.63) is 37.2 Å². The molecule has 0 radical (unpaired) electrons. The van der Waals surface area contributed by atoms with Crippen molar-refractivity contribution in [2.24, 2.45) is 0 Å². The fourth-order valence-electron chi connectivity index (χ4n) is 0.841. The van der Waals surface area contributed by atoms with Gasteiger partial charge in [0.1, 0.15) is 0 Å². The van der Waals surface area contributed by atoms with Crippen LogP contribution in [-0.2, 0) is 0 Å². The highest BCUT2D eigenvalue weighted by molar-refractivity contribution is 14.1. The van der Waals surface area contributed by atoms with E-state index in [0.29, 0.717) is 9.13 Å². The first-order valence-corrected chi connectivity index (χ1v) is 4.20. The molecular weight excluding hydrogens is 276 g/mol. The third kappa shape index (κ3) is 1.71. The van der Waals surface area contributed by atoms with E-state index in [2.05, 4.69) is 0 Å². The summed E-state index contributed by atoms with van der Waals surface area (Å²) < 4.78 is 13.7. The highest BCUT2D eigenvalue weighted by atomic mass is 127. The van der Waals surface area contributed by atoms with Crippen LogP contribution in [0.25, 0.3) is 0 Å². The molecule has 0 spiro atoms. The summed E-state index contributed by atoms with van der Waals surface area (Å²) in [5.74, 6) is -0.750. The van der Waals surface area contributed by atoms with Crippen LogP contribution >= 0.6 is 22.6 Å². The van der Waals surface area contributed by atoms with E-state index in [4.69, 9.17) is 0 Å². The van der Waals surface area contributed by atoms with Gasteiger partial charge in [0.2, 0.25) is 5.82 Å². The second kappa shape index (κ2) is 3.34. The van der Waals surface area contributed by atoms with Crippen LogP contribution in [0.4, 0.5) is 10.1 Å². The highest BCUT2D eigenvalue weighted by Crippen LogP contribution is 2.22. The molecule has 0 heterocycles. The molecule has 0 aliphatic heterocycles. The lowest BCUT2D eigenvalue weighted by atomic mass is 10.2. The third-order valence-corrected chi connectivity index (χ3v) is 2.02. The summed E-state index contributed by atoms with van der Waals surface area (Å²) in [6.45, 7) is 1.50. The van der Waals surface area contributed by atoms with Crippen molar-refractivity contribution in [1.82, 2.24) is 0 Å². The van der Waals surface area contributed by atoms with Crippen LogP contribution in [0.5, 0.6) is 0 Å². The molecule has 0 N–H and O–H groups in total. The Labute approximate surface area is 81.9 Å². The van der Waals surface area contributed by atoms with E-state index in [1.54, 1.807) is 6.07 Å². The summed E-state index contributed by atoms with van der Waals surface area (Å²) in [5.41, 5.74) is -0.159. The van der Waals surface area contributed by atoms with Gasteiger partial charge in [0.05, 0.1) is 4.92 Å². The molecule has 0 saturated carbocycles. The van der Waals surface area contributed by atoms with Crippen LogP contribution in [-0.4, -0.2) is 4.92 Å². The standard InChI is InChI=1S/C7H5FINO2/c1-4-2-5(9)3-6(7(4)8)10(11)12/h2-3H,1H3. The first kappa shape index (κ1) is 9.37. The lowest BCUT2D eigenvalue weighted by Crippen LogP contribution is -1.95. The zero-order valence-corrected chi connectivity index (χ0v) is 8.33. The number of nitro benzene ring substituents is 1. The van der Waals surface area contributed by atoms with Gasteiger partial charge in [-0.3, -0.25) is 10.1 Å². The number of rotatable bonds is 1. The molecule has 1 rings (SSSR count). The van der Waals surface area contributed by atoms with E-state index in [0.717, 1.165) is 0 Å². The number of aryl methyl sites for hydroxylation is 1. The van der Waals surface area contributed by atoms with Crippen molar-refractivity contribution in [2.45, 2.75) is 6.92 Å². The van der Waals surface area contributed by atoms with E-state index in [-0.39, 0.29) is 0 Å². The smallest absolute Gasteiger partial charge is 0.258 e. The second-order valence-corrected chi connectivity index (χ2v) is 3.56. The van der Waals surface area contributed by atoms with Gasteiger partial charge < -0.3 is 0 Å². The molecule has 12 heavy (non-hydrogen) atoms. The van der Waals surface area contributed by atoms with Crippen LogP contribution in [0.1, 0.15) is 5.56 Å². The normalized spacial score (nSPS) is 9.92. The Kier molecular flexibility index (Phi) is 2.61. The summed E-state index contributed by atoms with van der Waals surface area (Å²) >= 11 is 1.91. The summed E-state index contributed by atoms with van der Waals surface area (Å²) in [6, 6.07) is 2.77. The SMILES string of the molecule is Cc1cc(I)cc([N+](=O)[O-])c1F. The lowest BCUT2D eigenvalue weighted by molar-refractivity contribution is -0.387. The summed E-state index contributed by atoms with van der Waals surface area (Å²) in [5, 5.41) is 10.3. The number of nitro groups is 1. The Hall–Kier alpha value is -0.720. The molecule has 64 valence electrons. The molecule has 0 bridgehead atoms. The summed E-state index contributed by atoms with van der Waals surface area (Å²) in [6.07, 6.45) is 0. The molecule has 0 atom stereocenters. The van der Waals surface area contributed by atoms with Crippen molar-refractivity contribution < 1.29 is 9.31 Å². The van der Waals surface area contributed by atoms with Crippen molar-refractivity contribution in [1.29, 1.82) is 0 Å². The lowest BCUT2D eigenvalue weighted by Gasteiger charge is -1.98. The van der Waals surface area contributed by atoms with Crippen LogP contribution < -0.4 is 0 Å². The zero-order valence-electron chi connectivity index (χ0n) is 6.17. The van der Waals surface area contributed by atoms with E-state index in [9.17, 15) is 14.5 Å². The maximum atomic E-state index is 13.0. The summed E-state index contributed by atoms with van der Waals surface area (Å²) in [4.78, 5) is 9.57. The van der Waals surface area contributed by atoms with Gasteiger partial charge in [0, 0.05) is 9.64 Å². The molecule has 0 aliphatic rings. The van der Waals surface area contributed by atoms with Crippen LogP contribution in [0.2, 0.25) is 0 Å². The molecule has 1 aromatic rings. The first-order valence-electron chi connectivity index (χ1n) is 3.12. The predicted molar refractivity (Wildman–Crippen MR) is 50.5 cm³/mol. The Morgan fingerprint density at radius 2 is 2.17 bits per heavy atom. The van der Waals surface area contributed by atoms with Crippen molar-refractivity contribution in [3.8, 4) is 0 Å². The third-order valence-electron chi connectivity index (χ3n) is 1.40. The molecule has 0 aliphatic carbocycles. The van der Waals surface area contributed by atoms with Crippen LogP contribution in [0, 0.1) is 26.4 Å². The van der Waals surface area contributed by atoms with E-state index in [1.807, 2.05) is 22.6 Å². The highest BCUT2D eigenvalue weighted by Gasteiger charge is 2.16.